The van der Waals surface area contributed by atoms with Gasteiger partial charge in [-0.05, 0) is 20.8 Å². The van der Waals surface area contributed by atoms with Gasteiger partial charge in [0.05, 0.1) is 0 Å². The molecule has 12 heteroatoms. The summed E-state index contributed by atoms with van der Waals surface area (Å²) in [6, 6.07) is -0.237. The van der Waals surface area contributed by atoms with Gasteiger partial charge in [-0.3, -0.25) is 0 Å². The molecule has 0 aromatic rings. The summed E-state index contributed by atoms with van der Waals surface area (Å²) < 4.78 is 21.7. The molecule has 0 bridgehead atoms. The average Bonchev–Trinajstić information content (AvgIpc) is 2.94. The average molecular weight is 365 g/mol. The van der Waals surface area contributed by atoms with E-state index in [1.807, 2.05) is 20.8 Å². The maximum Gasteiger partial charge on any atom is 0.314 e. The summed E-state index contributed by atoms with van der Waals surface area (Å²) in [4.78, 5) is 24.8. The Morgan fingerprint density at radius 2 is 1.41 bits per heavy atom. The lowest BCUT2D eigenvalue weighted by molar-refractivity contribution is 0.184. The molecule has 0 spiro atoms. The van der Waals surface area contributed by atoms with Crippen molar-refractivity contribution in [3.63, 3.8) is 0 Å². The van der Waals surface area contributed by atoms with E-state index in [4.69, 9.17) is 13.3 Å². The van der Waals surface area contributed by atoms with Crippen LogP contribution in [0.5, 0.6) is 0 Å². The molecule has 0 radical (unpaired) electrons. The van der Waals surface area contributed by atoms with E-state index in [2.05, 4.69) is 5.32 Å². The van der Waals surface area contributed by atoms with Gasteiger partial charge in [-0.25, -0.2) is 9.59 Å². The number of carbonyl (C=O) groups is 2. The molecule has 0 saturated carbocycles. The van der Waals surface area contributed by atoms with E-state index in [9.17, 15) is 9.59 Å². The number of nitrogens with one attached hydrogen (secondary N) is 1. The van der Waals surface area contributed by atoms with Crippen LogP contribution in [0.15, 0.2) is 0 Å². The molecule has 2 aliphatic rings. The maximum absolute atomic E-state index is 12.6. The third-order valence-corrected chi connectivity index (χ3v) is 8.16. The van der Waals surface area contributed by atoms with Gasteiger partial charge in [0.1, 0.15) is 12.3 Å². The van der Waals surface area contributed by atoms with Crippen LogP contribution in [0.25, 0.3) is 0 Å². The highest BCUT2D eigenvalue weighted by molar-refractivity contribution is 6.38. The van der Waals surface area contributed by atoms with Crippen LogP contribution < -0.4 is 5.32 Å². The summed E-state index contributed by atoms with van der Waals surface area (Å²) in [5.74, 6) is 0. The second kappa shape index (κ2) is 8.07. The normalized spacial score (nSPS) is 25.9. The first-order chi connectivity index (χ1) is 10.7. The van der Waals surface area contributed by atoms with Crippen molar-refractivity contribution in [2.75, 3.05) is 19.8 Å². The van der Waals surface area contributed by atoms with Crippen LogP contribution in [0.2, 0.25) is 0 Å². The molecule has 2 fully saturated rings. The largest absolute Gasteiger partial charge is 0.404 e. The number of nitrogens with zero attached hydrogens (tertiary/aromatic N) is 3. The second-order valence-corrected chi connectivity index (χ2v) is 8.91. The lowest BCUT2D eigenvalue weighted by Gasteiger charge is -2.28. The van der Waals surface area contributed by atoms with Gasteiger partial charge in [0.25, 0.3) is 29.8 Å². The van der Waals surface area contributed by atoms with Crippen molar-refractivity contribution in [1.29, 1.82) is 0 Å². The fourth-order valence-corrected chi connectivity index (χ4v) is 6.42. The van der Waals surface area contributed by atoms with Crippen molar-refractivity contribution in [3.05, 3.63) is 0 Å². The smallest absolute Gasteiger partial charge is 0.314 e. The van der Waals surface area contributed by atoms with Gasteiger partial charge < -0.3 is 32.3 Å². The van der Waals surface area contributed by atoms with Crippen molar-refractivity contribution < 1.29 is 22.9 Å². The number of carbonyl (C=O) groups excluding carboxylic acids is 2. The van der Waals surface area contributed by atoms with E-state index in [-0.39, 0.29) is 24.4 Å². The molecule has 1 N–H and O–H groups in total. The molecular weight excluding hydrogens is 340 g/mol. The van der Waals surface area contributed by atoms with Crippen molar-refractivity contribution in [3.8, 4) is 0 Å². The third kappa shape index (κ3) is 3.36. The summed E-state index contributed by atoms with van der Waals surface area (Å²) in [6.45, 7) is 7.42. The molecule has 22 heavy (non-hydrogen) atoms. The Morgan fingerprint density at radius 1 is 0.909 bits per heavy atom. The van der Waals surface area contributed by atoms with Crippen molar-refractivity contribution in [2.24, 2.45) is 0 Å². The van der Waals surface area contributed by atoms with Crippen LogP contribution in [0.3, 0.4) is 0 Å². The summed E-state index contributed by atoms with van der Waals surface area (Å²) in [7, 11) is -3.58. The van der Waals surface area contributed by atoms with Gasteiger partial charge in [-0.1, -0.05) is 0 Å². The predicted octanol–water partition coefficient (Wildman–Crippen LogP) is -2.49. The van der Waals surface area contributed by atoms with E-state index >= 15 is 0 Å². The molecule has 126 valence electrons. The summed E-state index contributed by atoms with van der Waals surface area (Å²) >= 11 is 0. The van der Waals surface area contributed by atoms with E-state index in [0.29, 0.717) is 19.8 Å². The number of hydrogen-bond acceptors (Lipinski definition) is 5. The molecule has 2 rings (SSSR count). The first kappa shape index (κ1) is 17.4. The molecule has 2 aliphatic heterocycles. The minimum atomic E-state index is -1.20. The number of fused-ring (bicyclic) bond motifs is 1. The molecule has 0 aromatic heterocycles. The zero-order valence-corrected chi connectivity index (χ0v) is 17.5. The minimum Gasteiger partial charge on any atom is -0.404 e. The van der Waals surface area contributed by atoms with Gasteiger partial charge >= 0.3 is 12.1 Å². The standard InChI is InChI=1S/C10H24N4O5Si3/c1-4-17-20-12-7-8(14(10(12)16)22-19-6-3)13(9(15)11-7)21-18-5-2/h7-8H,4-6,20-22H2,1-3H3,(H,11,15). The molecule has 2 atom stereocenters. The summed E-state index contributed by atoms with van der Waals surface area (Å²) in [6.07, 6.45) is -0.636. The lowest BCUT2D eigenvalue weighted by Crippen LogP contribution is -2.50. The van der Waals surface area contributed by atoms with Gasteiger partial charge in [-0.15, -0.1) is 0 Å². The third-order valence-electron chi connectivity index (χ3n) is 3.58. The van der Waals surface area contributed by atoms with E-state index in [0.717, 1.165) is 0 Å². The Hall–Kier alpha value is -0.929. The zero-order valence-electron chi connectivity index (χ0n) is 13.3. The lowest BCUT2D eigenvalue weighted by atomic mass is 10.4. The highest BCUT2D eigenvalue weighted by atomic mass is 28.2. The van der Waals surface area contributed by atoms with Crippen LogP contribution in [-0.2, 0) is 13.3 Å². The van der Waals surface area contributed by atoms with Crippen molar-refractivity contribution >= 4 is 41.8 Å². The fourth-order valence-electron chi connectivity index (χ4n) is 2.52. The second-order valence-electron chi connectivity index (χ2n) is 4.87. The molecule has 9 nitrogen and oxygen atoms in total. The number of hydrogen-bond donors (Lipinski definition) is 1. The van der Waals surface area contributed by atoms with Crippen LogP contribution in [0, 0.1) is 0 Å². The molecule has 2 saturated heterocycles. The Balaban J connectivity index is 2.16. The molecule has 0 aromatic carbocycles. The first-order valence-corrected chi connectivity index (χ1v) is 11.2. The molecular formula is C10H24N4O5Si3. The van der Waals surface area contributed by atoms with Gasteiger partial charge in [0.2, 0.25) is 0 Å². The quantitative estimate of drug-likeness (QED) is 0.458. The predicted molar refractivity (Wildman–Crippen MR) is 87.5 cm³/mol. The van der Waals surface area contributed by atoms with Crippen molar-refractivity contribution in [1.82, 2.24) is 19.0 Å². The Morgan fingerprint density at radius 3 is 1.95 bits per heavy atom. The highest BCUT2D eigenvalue weighted by Crippen LogP contribution is 2.27. The Bertz CT molecular complexity index is 412. The van der Waals surface area contributed by atoms with Crippen LogP contribution in [0.4, 0.5) is 9.59 Å². The van der Waals surface area contributed by atoms with Crippen molar-refractivity contribution in [2.45, 2.75) is 33.1 Å². The van der Waals surface area contributed by atoms with E-state index in [1.54, 1.807) is 13.7 Å². The van der Waals surface area contributed by atoms with Gasteiger partial charge in [0.15, 0.2) is 0 Å². The topological polar surface area (TPSA) is 83.6 Å². The number of rotatable bonds is 9. The van der Waals surface area contributed by atoms with E-state index in [1.165, 1.54) is 0 Å². The van der Waals surface area contributed by atoms with Gasteiger partial charge in [0, 0.05) is 19.8 Å². The molecule has 0 aliphatic carbocycles. The fraction of sp³-hybridized carbons (Fsp3) is 0.800. The monoisotopic (exact) mass is 364 g/mol. The molecule has 2 unspecified atom stereocenters. The van der Waals surface area contributed by atoms with Crippen LogP contribution in [-0.4, -0.2) is 87.7 Å². The molecule has 2 heterocycles. The Kier molecular flexibility index (Phi) is 6.39. The molecule has 4 amide bonds. The first-order valence-electron chi connectivity index (χ1n) is 7.53. The zero-order chi connectivity index (χ0) is 16.1. The van der Waals surface area contributed by atoms with E-state index < -0.39 is 29.8 Å². The number of amides is 4. The minimum absolute atomic E-state index is 0.0780. The van der Waals surface area contributed by atoms with Gasteiger partial charge in [-0.2, -0.15) is 0 Å². The SMILES string of the molecule is CCO[SiH2]N1C(=O)N([SiH2]OCC)C2C1NC(=O)N2[SiH2]OCC. The maximum atomic E-state index is 12.6. The highest BCUT2D eigenvalue weighted by Gasteiger charge is 2.54. The van der Waals surface area contributed by atoms with Crippen LogP contribution >= 0.6 is 0 Å². The summed E-state index contributed by atoms with van der Waals surface area (Å²) in [5.41, 5.74) is 0. The van der Waals surface area contributed by atoms with Crippen LogP contribution in [0.1, 0.15) is 20.8 Å². The summed E-state index contributed by atoms with van der Waals surface area (Å²) in [5, 5.41) is 2.90. The number of urea groups is 2. The Labute approximate surface area is 137 Å².